The lowest BCUT2D eigenvalue weighted by molar-refractivity contribution is -0.0328. The Hall–Kier alpha value is -1.40. The molecule has 0 saturated heterocycles. The van der Waals surface area contributed by atoms with Crippen molar-refractivity contribution >= 4 is 12.2 Å². The number of aliphatic hydroxyl groups excluding tert-OH is 4. The minimum atomic E-state index is -1.11. The molecular formula is C13H24N2O6. The Morgan fingerprint density at radius 2 is 1.00 bits per heavy atom. The van der Waals surface area contributed by atoms with Gasteiger partial charge in [-0.3, -0.25) is 0 Å². The Morgan fingerprint density at radius 3 is 1.19 bits per heavy atom. The summed E-state index contributed by atoms with van der Waals surface area (Å²) in [6.07, 6.45) is 6.80. The third-order valence-corrected chi connectivity index (χ3v) is 2.76. The number of aliphatic hydroxyl groups is 4. The highest BCUT2D eigenvalue weighted by Gasteiger charge is 2.26. The SMILES string of the molecule is O=C=NCCCCCCN=C=O.OCC(CO)(CO)CO. The van der Waals surface area contributed by atoms with Crippen molar-refractivity contribution in [3.63, 3.8) is 0 Å². The topological polar surface area (TPSA) is 140 Å². The van der Waals surface area contributed by atoms with Crippen LogP contribution in [0, 0.1) is 5.41 Å². The van der Waals surface area contributed by atoms with Gasteiger partial charge in [-0.05, 0) is 12.8 Å². The van der Waals surface area contributed by atoms with Crippen LogP contribution >= 0.6 is 0 Å². The lowest BCUT2D eigenvalue weighted by atomic mass is 9.93. The maximum atomic E-state index is 9.63. The number of isocyanates is 2. The molecule has 0 aromatic heterocycles. The summed E-state index contributed by atoms with van der Waals surface area (Å²) in [4.78, 5) is 26.1. The number of unbranched alkanes of at least 4 members (excludes halogenated alkanes) is 3. The fourth-order valence-corrected chi connectivity index (χ4v) is 1.13. The number of nitrogens with zero attached hydrogens (tertiary/aromatic N) is 2. The average molecular weight is 304 g/mol. The number of aliphatic imine (C=N–C) groups is 2. The number of rotatable bonds is 11. The molecule has 8 heteroatoms. The van der Waals surface area contributed by atoms with Gasteiger partial charge in [-0.25, -0.2) is 19.6 Å². The molecule has 0 rings (SSSR count). The van der Waals surface area contributed by atoms with Crippen molar-refractivity contribution in [2.75, 3.05) is 39.5 Å². The molecule has 0 unspecified atom stereocenters. The predicted octanol–water partition coefficient (Wildman–Crippen LogP) is -0.840. The van der Waals surface area contributed by atoms with Gasteiger partial charge in [0, 0.05) is 0 Å². The highest BCUT2D eigenvalue weighted by atomic mass is 16.3. The molecule has 21 heavy (non-hydrogen) atoms. The zero-order valence-electron chi connectivity index (χ0n) is 12.1. The molecule has 0 aliphatic rings. The van der Waals surface area contributed by atoms with Crippen LogP contribution in [0.15, 0.2) is 9.98 Å². The molecule has 0 aliphatic heterocycles. The monoisotopic (exact) mass is 304 g/mol. The van der Waals surface area contributed by atoms with Crippen molar-refractivity contribution in [2.24, 2.45) is 15.4 Å². The first kappa shape index (κ1) is 21.9. The van der Waals surface area contributed by atoms with E-state index in [1.807, 2.05) is 0 Å². The van der Waals surface area contributed by atoms with Crippen molar-refractivity contribution in [3.05, 3.63) is 0 Å². The lowest BCUT2D eigenvalue weighted by Crippen LogP contribution is -2.37. The molecule has 0 fully saturated rings. The minimum absolute atomic E-state index is 0.406. The van der Waals surface area contributed by atoms with E-state index in [9.17, 15) is 9.59 Å². The molecule has 0 spiro atoms. The van der Waals surface area contributed by atoms with Crippen LogP contribution in [0.2, 0.25) is 0 Å². The van der Waals surface area contributed by atoms with Gasteiger partial charge in [0.25, 0.3) is 0 Å². The van der Waals surface area contributed by atoms with Crippen molar-refractivity contribution < 1.29 is 30.0 Å². The van der Waals surface area contributed by atoms with E-state index in [4.69, 9.17) is 20.4 Å². The maximum Gasteiger partial charge on any atom is 0.234 e. The summed E-state index contributed by atoms with van der Waals surface area (Å²) in [5.41, 5.74) is -1.11. The van der Waals surface area contributed by atoms with Gasteiger partial charge in [0.2, 0.25) is 12.2 Å². The number of hydrogen-bond donors (Lipinski definition) is 4. The molecule has 0 amide bonds. The van der Waals surface area contributed by atoms with Crippen molar-refractivity contribution in [2.45, 2.75) is 25.7 Å². The summed E-state index contributed by atoms with van der Waals surface area (Å²) in [5.74, 6) is 0. The van der Waals surface area contributed by atoms with E-state index in [1.165, 1.54) is 12.2 Å². The third kappa shape index (κ3) is 13.3. The standard InChI is InChI=1S/C8H12N2O2.C5H12O4/c11-7-9-5-3-1-2-4-6-10-8-12;6-1-5(2-7,3-8)4-9/h1-6H2;6-9H,1-4H2. The molecule has 8 nitrogen and oxygen atoms in total. The zero-order chi connectivity index (χ0) is 16.4. The molecule has 0 bridgehead atoms. The molecule has 0 atom stereocenters. The number of carbonyl (C=O) groups excluding carboxylic acids is 2. The molecule has 0 radical (unpaired) electrons. The summed E-state index contributed by atoms with van der Waals surface area (Å²) in [5, 5.41) is 34.0. The third-order valence-electron chi connectivity index (χ3n) is 2.76. The van der Waals surface area contributed by atoms with Crippen LogP contribution in [-0.4, -0.2) is 72.1 Å². The van der Waals surface area contributed by atoms with Gasteiger partial charge in [0.15, 0.2) is 0 Å². The van der Waals surface area contributed by atoms with E-state index in [2.05, 4.69) is 9.98 Å². The van der Waals surface area contributed by atoms with Crippen LogP contribution in [0.4, 0.5) is 0 Å². The summed E-state index contributed by atoms with van der Waals surface area (Å²) < 4.78 is 0. The van der Waals surface area contributed by atoms with Crippen LogP contribution < -0.4 is 0 Å². The van der Waals surface area contributed by atoms with E-state index in [0.717, 1.165) is 25.7 Å². The second-order valence-electron chi connectivity index (χ2n) is 4.49. The first-order chi connectivity index (χ1) is 10.2. The molecule has 0 aromatic rings. The lowest BCUT2D eigenvalue weighted by Gasteiger charge is -2.23. The number of hydrogen-bond acceptors (Lipinski definition) is 8. The van der Waals surface area contributed by atoms with Crippen molar-refractivity contribution in [1.29, 1.82) is 0 Å². The zero-order valence-corrected chi connectivity index (χ0v) is 12.1. The average Bonchev–Trinajstić information content (AvgIpc) is 2.53. The quantitative estimate of drug-likeness (QED) is 0.223. The van der Waals surface area contributed by atoms with Gasteiger partial charge < -0.3 is 20.4 Å². The summed E-state index contributed by atoms with van der Waals surface area (Å²) >= 11 is 0. The Morgan fingerprint density at radius 1 is 0.667 bits per heavy atom. The second kappa shape index (κ2) is 16.7. The molecule has 0 saturated carbocycles. The Labute approximate surface area is 123 Å². The highest BCUT2D eigenvalue weighted by molar-refractivity contribution is 5.32. The fourth-order valence-electron chi connectivity index (χ4n) is 1.13. The summed E-state index contributed by atoms with van der Waals surface area (Å²) in [7, 11) is 0. The maximum absolute atomic E-state index is 9.63. The van der Waals surface area contributed by atoms with E-state index in [0.29, 0.717) is 13.1 Å². The van der Waals surface area contributed by atoms with Gasteiger partial charge in [-0.2, -0.15) is 0 Å². The van der Waals surface area contributed by atoms with Gasteiger partial charge in [0.1, 0.15) is 0 Å². The van der Waals surface area contributed by atoms with E-state index < -0.39 is 31.8 Å². The van der Waals surface area contributed by atoms with Crippen LogP contribution in [0.5, 0.6) is 0 Å². The molecule has 4 N–H and O–H groups in total. The first-order valence-electron chi connectivity index (χ1n) is 6.67. The normalized spacial score (nSPS) is 9.90. The molecule has 0 heterocycles. The first-order valence-corrected chi connectivity index (χ1v) is 6.67. The van der Waals surface area contributed by atoms with Crippen LogP contribution in [-0.2, 0) is 9.59 Å². The predicted molar refractivity (Wildman–Crippen MR) is 75.2 cm³/mol. The van der Waals surface area contributed by atoms with Gasteiger partial charge in [0.05, 0.1) is 44.9 Å². The summed E-state index contributed by atoms with van der Waals surface area (Å²) in [6, 6.07) is 0. The summed E-state index contributed by atoms with van der Waals surface area (Å²) in [6.45, 7) is -0.513. The smallest absolute Gasteiger partial charge is 0.234 e. The second-order valence-corrected chi connectivity index (χ2v) is 4.49. The van der Waals surface area contributed by atoms with Crippen LogP contribution in [0.1, 0.15) is 25.7 Å². The van der Waals surface area contributed by atoms with E-state index in [1.54, 1.807) is 0 Å². The Balaban J connectivity index is 0. The van der Waals surface area contributed by atoms with Crippen LogP contribution in [0.25, 0.3) is 0 Å². The van der Waals surface area contributed by atoms with Crippen molar-refractivity contribution in [3.8, 4) is 0 Å². The molecule has 0 aromatic carbocycles. The highest BCUT2D eigenvalue weighted by Crippen LogP contribution is 2.11. The minimum Gasteiger partial charge on any atom is -0.396 e. The fraction of sp³-hybridized carbons (Fsp3) is 0.846. The van der Waals surface area contributed by atoms with Crippen molar-refractivity contribution in [1.82, 2.24) is 0 Å². The van der Waals surface area contributed by atoms with Gasteiger partial charge in [-0.15, -0.1) is 0 Å². The van der Waals surface area contributed by atoms with E-state index >= 15 is 0 Å². The Kier molecular flexibility index (Phi) is 17.4. The van der Waals surface area contributed by atoms with E-state index in [-0.39, 0.29) is 0 Å². The molecule has 0 aliphatic carbocycles. The van der Waals surface area contributed by atoms with Gasteiger partial charge in [-0.1, -0.05) is 12.8 Å². The Bertz CT molecular complexity index is 281. The largest absolute Gasteiger partial charge is 0.396 e. The molecule has 122 valence electrons. The van der Waals surface area contributed by atoms with Crippen LogP contribution in [0.3, 0.4) is 0 Å². The molecular weight excluding hydrogens is 280 g/mol. The van der Waals surface area contributed by atoms with Gasteiger partial charge >= 0.3 is 0 Å².